The van der Waals surface area contributed by atoms with Gasteiger partial charge in [-0.3, -0.25) is 0 Å². The lowest BCUT2D eigenvalue weighted by atomic mass is 10.00. The molecule has 0 amide bonds. The number of rotatable bonds is 8. The standard InChI is InChI=1S/C54H32N2O2.C48H28N2O2.C30H17NO2/c1-2-11-36(12-3-1)55-47-18-7-4-13-39(47)43-29-34(23-27-48(43)55)35-24-28-49-44(30-35)45-31-46-41-15-6-8-19-51(41)57-53(46)32-50(45)56(49)37-25-21-33(22-26-37)38-16-10-17-42-40-14-5-9-20-52(40)58-54(38)42;1-2-11-31(12-3-1)49-40-17-7-4-13-32(40)36-25-29(21-23-41(36)49)30-22-24-42-37(26-30)38-27-39-34-15-6-8-19-45(34)51-47(39)28-44(38)50(42)43-18-10-16-35-33-14-5-9-20-46(33)52-48(35)43;1-4-12-22-20(9-1)28-23(16-17-27-29(28)21-10-3-6-15-26(21)32-27)31(22)24-13-7-11-19-18-8-2-5-14-25(18)33-30(19)24/h1-32H;1-28H;1-17H. The molecule has 0 aliphatic rings. The summed E-state index contributed by atoms with van der Waals surface area (Å²) in [4.78, 5) is 0. The maximum absolute atomic E-state index is 6.60. The monoisotopic (exact) mass is 1830 g/mol. The average Bonchev–Trinajstić information content (AvgIpc) is 1.53. The van der Waals surface area contributed by atoms with Gasteiger partial charge in [0.05, 0.1) is 66.5 Å². The van der Waals surface area contributed by atoms with E-state index in [0.29, 0.717) is 0 Å². The van der Waals surface area contributed by atoms with Gasteiger partial charge in [-0.15, -0.1) is 0 Å². The predicted molar refractivity (Wildman–Crippen MR) is 591 cm³/mol. The van der Waals surface area contributed by atoms with E-state index in [9.17, 15) is 0 Å². The minimum atomic E-state index is 0.870. The van der Waals surface area contributed by atoms with Crippen LogP contribution in [0, 0.1) is 0 Å². The smallest absolute Gasteiger partial charge is 0.159 e. The van der Waals surface area contributed by atoms with Crippen molar-refractivity contribution < 1.29 is 26.5 Å². The van der Waals surface area contributed by atoms with Gasteiger partial charge in [0.1, 0.15) is 55.8 Å². The van der Waals surface area contributed by atoms with Gasteiger partial charge in [-0.25, -0.2) is 0 Å². The first-order valence-electron chi connectivity index (χ1n) is 48.5. The molecule has 0 N–H and O–H groups in total. The minimum absolute atomic E-state index is 0.870. The molecule has 0 atom stereocenters. The summed E-state index contributed by atoms with van der Waals surface area (Å²) in [5, 5.41) is 25.7. The fraction of sp³-hybridized carbons (Fsp3) is 0. The number of nitrogens with zero attached hydrogens (tertiary/aromatic N) is 5. The summed E-state index contributed by atoms with van der Waals surface area (Å²) in [7, 11) is 0. The number of fused-ring (bicyclic) bond motifs is 34. The summed E-state index contributed by atoms with van der Waals surface area (Å²) in [6.45, 7) is 0. The molecular weight excluding hydrogens is 1750 g/mol. The van der Waals surface area contributed by atoms with Crippen LogP contribution in [-0.2, 0) is 0 Å². The molecule has 33 aromatic rings. The third-order valence-corrected chi connectivity index (χ3v) is 29.8. The van der Waals surface area contributed by atoms with E-state index in [-0.39, 0.29) is 0 Å². The van der Waals surface area contributed by atoms with Crippen molar-refractivity contribution in [3.63, 3.8) is 0 Å². The fourth-order valence-corrected chi connectivity index (χ4v) is 23.5. The normalized spacial score (nSPS) is 12.2. The number of hydrogen-bond acceptors (Lipinski definition) is 6. The van der Waals surface area contributed by atoms with Gasteiger partial charge in [0.15, 0.2) is 11.2 Å². The van der Waals surface area contributed by atoms with Crippen molar-refractivity contribution in [1.29, 1.82) is 0 Å². The lowest BCUT2D eigenvalue weighted by molar-refractivity contribution is 0.665. The molecule has 11 heteroatoms. The summed E-state index contributed by atoms with van der Waals surface area (Å²) in [5.74, 6) is 0. The molecule has 0 saturated heterocycles. The fourth-order valence-electron chi connectivity index (χ4n) is 23.5. The third-order valence-electron chi connectivity index (χ3n) is 29.8. The second-order valence-electron chi connectivity index (χ2n) is 37.5. The Hall–Kier alpha value is -19.4. The molecule has 0 aliphatic carbocycles. The van der Waals surface area contributed by atoms with E-state index in [2.05, 4.69) is 423 Å². The van der Waals surface area contributed by atoms with Crippen molar-refractivity contribution >= 4 is 241 Å². The first kappa shape index (κ1) is 78.8. The second kappa shape index (κ2) is 30.6. The highest BCUT2D eigenvalue weighted by Crippen LogP contribution is 2.50. The Morgan fingerprint density at radius 1 is 0.126 bits per heavy atom. The highest BCUT2D eigenvalue weighted by Gasteiger charge is 2.28. The van der Waals surface area contributed by atoms with E-state index in [4.69, 9.17) is 26.5 Å². The maximum atomic E-state index is 6.60. The zero-order chi connectivity index (χ0) is 93.3. The molecule has 666 valence electrons. The highest BCUT2D eigenvalue weighted by molar-refractivity contribution is 6.29. The predicted octanol–water partition coefficient (Wildman–Crippen LogP) is 36.9. The molecule has 11 nitrogen and oxygen atoms in total. The van der Waals surface area contributed by atoms with Crippen molar-refractivity contribution in [2.75, 3.05) is 0 Å². The minimum Gasteiger partial charge on any atom is -0.456 e. The van der Waals surface area contributed by atoms with E-state index in [1.165, 1.54) is 98.2 Å². The topological polar surface area (TPSA) is 103 Å². The SMILES string of the molecule is c1ccc(-n2c3ccccc3c3cc(-c4ccc5c(c4)c4cc6c(cc4n5-c4ccc(-c5cccc7c5oc5ccccc57)cc4)oc4ccccc46)ccc32)cc1.c1ccc(-n2c3ccccc3c3cc(-c4ccc5c(c4)c4cc6c(cc4n5-c4cccc5c4oc4ccccc45)oc4ccccc46)ccc32)cc1.c1ccc2c(c1)oc1c(-n3c4ccccc4c4c5c(ccc43)oc3ccccc35)cccc12. The molecule has 0 radical (unpaired) electrons. The van der Waals surface area contributed by atoms with Crippen molar-refractivity contribution in [1.82, 2.24) is 22.8 Å². The Labute approximate surface area is 813 Å². The summed E-state index contributed by atoms with van der Waals surface area (Å²) >= 11 is 0. The Morgan fingerprint density at radius 3 is 0.888 bits per heavy atom. The second-order valence-corrected chi connectivity index (χ2v) is 37.5. The number of aromatic nitrogens is 5. The lowest BCUT2D eigenvalue weighted by Crippen LogP contribution is -1.94. The van der Waals surface area contributed by atoms with E-state index >= 15 is 0 Å². The van der Waals surface area contributed by atoms with Gasteiger partial charge in [-0.2, -0.15) is 0 Å². The molecule has 0 unspecified atom stereocenters. The van der Waals surface area contributed by atoms with Gasteiger partial charge >= 0.3 is 0 Å². The number of benzene rings is 22. The quantitative estimate of drug-likeness (QED) is 0.150. The summed E-state index contributed by atoms with van der Waals surface area (Å²) in [5.41, 5.74) is 34.6. The molecule has 143 heavy (non-hydrogen) atoms. The zero-order valence-corrected chi connectivity index (χ0v) is 76.6. The first-order valence-corrected chi connectivity index (χ1v) is 48.5. The van der Waals surface area contributed by atoms with E-state index < -0.39 is 0 Å². The maximum Gasteiger partial charge on any atom is 0.159 e. The zero-order valence-electron chi connectivity index (χ0n) is 76.6. The van der Waals surface area contributed by atoms with Gasteiger partial charge in [-0.1, -0.05) is 279 Å². The van der Waals surface area contributed by atoms with Gasteiger partial charge in [0.2, 0.25) is 0 Å². The van der Waals surface area contributed by atoms with Crippen molar-refractivity contribution in [2.45, 2.75) is 0 Å². The van der Waals surface area contributed by atoms with Gasteiger partial charge in [0.25, 0.3) is 0 Å². The Balaban J connectivity index is 0.000000102. The lowest BCUT2D eigenvalue weighted by Gasteiger charge is -2.10. The first-order chi connectivity index (χ1) is 70.9. The van der Waals surface area contributed by atoms with Crippen molar-refractivity contribution in [2.24, 2.45) is 0 Å². The summed E-state index contributed by atoms with van der Waals surface area (Å²) in [6, 6.07) is 166. The molecule has 11 heterocycles. The molecule has 11 aromatic heterocycles. The van der Waals surface area contributed by atoms with Crippen LogP contribution in [0.2, 0.25) is 0 Å². The molecule has 22 aromatic carbocycles. The molecule has 0 spiro atoms. The van der Waals surface area contributed by atoms with Crippen LogP contribution in [0.25, 0.3) is 302 Å². The van der Waals surface area contributed by atoms with Crippen LogP contribution in [0.3, 0.4) is 0 Å². The van der Waals surface area contributed by atoms with Crippen LogP contribution >= 0.6 is 0 Å². The van der Waals surface area contributed by atoms with Crippen LogP contribution in [0.15, 0.2) is 494 Å². The van der Waals surface area contributed by atoms with Crippen molar-refractivity contribution in [3.8, 4) is 61.8 Å². The molecule has 0 fully saturated rings. The summed E-state index contributed by atoms with van der Waals surface area (Å²) < 4.78 is 50.3. The number of para-hydroxylation sites is 14. The van der Waals surface area contributed by atoms with E-state index in [1.807, 2.05) is 66.7 Å². The molecule has 0 bridgehead atoms. The molecule has 0 aliphatic heterocycles. The van der Waals surface area contributed by atoms with E-state index in [0.717, 1.165) is 204 Å². The van der Waals surface area contributed by atoms with Gasteiger partial charge < -0.3 is 49.3 Å². The van der Waals surface area contributed by atoms with Crippen molar-refractivity contribution in [3.05, 3.63) is 467 Å². The Bertz CT molecular complexity index is 11200. The van der Waals surface area contributed by atoms with E-state index in [1.54, 1.807) is 0 Å². The van der Waals surface area contributed by atoms with Crippen LogP contribution in [0.5, 0.6) is 0 Å². The Kier molecular flexibility index (Phi) is 16.8. The van der Waals surface area contributed by atoms with Gasteiger partial charge in [-0.05, 0) is 204 Å². The van der Waals surface area contributed by atoms with Crippen LogP contribution in [0.1, 0.15) is 0 Å². The molecule has 33 rings (SSSR count). The third kappa shape index (κ3) is 11.8. The molecular formula is C132H77N5O6. The van der Waals surface area contributed by atoms with Crippen LogP contribution in [0.4, 0.5) is 0 Å². The summed E-state index contributed by atoms with van der Waals surface area (Å²) in [6.07, 6.45) is 0. The van der Waals surface area contributed by atoms with Crippen LogP contribution < -0.4 is 0 Å². The number of hydrogen-bond donors (Lipinski definition) is 0. The van der Waals surface area contributed by atoms with Crippen LogP contribution in [-0.4, -0.2) is 22.8 Å². The highest BCUT2D eigenvalue weighted by atomic mass is 16.3. The largest absolute Gasteiger partial charge is 0.456 e. The van der Waals surface area contributed by atoms with Gasteiger partial charge in [0, 0.05) is 153 Å². The molecule has 0 saturated carbocycles. The Morgan fingerprint density at radius 2 is 0.420 bits per heavy atom. The average molecular weight is 1830 g/mol. The number of furan rings is 6.